The molecule has 266 valence electrons. The number of esters is 1. The van der Waals surface area contributed by atoms with E-state index in [4.69, 9.17) is 19.5 Å². The molecule has 6 rings (SSSR count). The topological polar surface area (TPSA) is 167 Å². The first kappa shape index (κ1) is 35.5. The summed E-state index contributed by atoms with van der Waals surface area (Å²) in [5.41, 5.74) is 4.68. The van der Waals surface area contributed by atoms with Crippen molar-refractivity contribution in [2.45, 2.75) is 63.9 Å². The average Bonchev–Trinajstić information content (AvgIpc) is 3.12. The second-order valence-electron chi connectivity index (χ2n) is 13.7. The first-order valence-corrected chi connectivity index (χ1v) is 16.7. The summed E-state index contributed by atoms with van der Waals surface area (Å²) in [5.74, 6) is -1.18. The highest BCUT2D eigenvalue weighted by atomic mass is 16.6. The quantitative estimate of drug-likeness (QED) is 0.209. The van der Waals surface area contributed by atoms with Gasteiger partial charge in [0.25, 0.3) is 5.91 Å². The number of benzene rings is 4. The fraction of sp³-hybridized carbons (Fsp3) is 0.275. The van der Waals surface area contributed by atoms with Crippen LogP contribution in [0.25, 0.3) is 11.1 Å². The maximum Gasteiger partial charge on any atom is 0.411 e. The second kappa shape index (κ2) is 14.5. The highest BCUT2D eigenvalue weighted by molar-refractivity contribution is 5.99. The number of nitriles is 1. The van der Waals surface area contributed by atoms with Crippen molar-refractivity contribution in [2.75, 3.05) is 12.4 Å². The zero-order valence-corrected chi connectivity index (χ0v) is 29.1. The van der Waals surface area contributed by atoms with Crippen molar-refractivity contribution in [3.63, 3.8) is 0 Å². The monoisotopic (exact) mass is 702 g/mol. The van der Waals surface area contributed by atoms with E-state index >= 15 is 0 Å². The third-order valence-electron chi connectivity index (χ3n) is 8.84. The summed E-state index contributed by atoms with van der Waals surface area (Å²) in [5, 5.41) is 24.5. The molecule has 12 nitrogen and oxygen atoms in total. The lowest BCUT2D eigenvalue weighted by atomic mass is 9.91. The Balaban J connectivity index is 1.24. The highest BCUT2D eigenvalue weighted by Crippen LogP contribution is 2.40. The van der Waals surface area contributed by atoms with E-state index in [1.807, 2.05) is 36.4 Å². The summed E-state index contributed by atoms with van der Waals surface area (Å²) in [6.45, 7) is 5.19. The van der Waals surface area contributed by atoms with Gasteiger partial charge < -0.3 is 30.0 Å². The number of carbonyl (C=O) groups is 4. The lowest BCUT2D eigenvalue weighted by Crippen LogP contribution is -2.56. The molecule has 0 saturated carbocycles. The number of amides is 3. The summed E-state index contributed by atoms with van der Waals surface area (Å²) in [4.78, 5) is 55.0. The number of phenolic OH excluding ortho intramolecular Hbond substituents is 1. The van der Waals surface area contributed by atoms with E-state index in [0.717, 1.165) is 16.7 Å². The van der Waals surface area contributed by atoms with Crippen molar-refractivity contribution in [3.8, 4) is 28.7 Å². The normalized spacial score (nSPS) is 16.9. The number of fused-ring (bicyclic) bond motifs is 2. The average molecular weight is 703 g/mol. The molecular formula is C40H38N4O8. The van der Waals surface area contributed by atoms with Crippen LogP contribution in [0.3, 0.4) is 0 Å². The molecule has 2 aliphatic rings. The molecule has 12 heteroatoms. The smallest absolute Gasteiger partial charge is 0.411 e. The molecule has 3 atom stereocenters. The maximum atomic E-state index is 14.1. The predicted octanol–water partition coefficient (Wildman–Crippen LogP) is 5.57. The van der Waals surface area contributed by atoms with E-state index in [2.05, 4.69) is 16.7 Å². The molecule has 3 amide bonds. The van der Waals surface area contributed by atoms with Gasteiger partial charge in [-0.2, -0.15) is 5.26 Å². The van der Waals surface area contributed by atoms with Crippen LogP contribution >= 0.6 is 0 Å². The molecule has 52 heavy (non-hydrogen) atoms. The Hall–Kier alpha value is -6.35. The van der Waals surface area contributed by atoms with E-state index in [1.54, 1.807) is 57.2 Å². The third-order valence-corrected chi connectivity index (χ3v) is 8.84. The molecule has 0 fully saturated rings. The number of aromatic hydroxyl groups is 1. The summed E-state index contributed by atoms with van der Waals surface area (Å²) in [7, 11) is 1.24. The molecule has 1 unspecified atom stereocenters. The SMILES string of the molecule is COC(=O)[C@H](Cc1ccc(-c2ccc(C#N)cc2)cc1)NC(=O)[C@@H]1Cc2cc3c(cc2CN1C(=O)OC(C)(C)C)OC(c1ccc(O)cc1)C(=O)N3. The molecule has 3 N–H and O–H groups in total. The van der Waals surface area contributed by atoms with E-state index in [0.29, 0.717) is 33.7 Å². The molecule has 0 aliphatic carbocycles. The van der Waals surface area contributed by atoms with Crippen molar-refractivity contribution in [1.82, 2.24) is 10.2 Å². The van der Waals surface area contributed by atoms with Gasteiger partial charge in [0.15, 0.2) is 0 Å². The minimum Gasteiger partial charge on any atom is -0.508 e. The van der Waals surface area contributed by atoms with E-state index < -0.39 is 47.7 Å². The molecule has 0 saturated heterocycles. The van der Waals surface area contributed by atoms with E-state index in [1.165, 1.54) is 24.1 Å². The lowest BCUT2D eigenvalue weighted by Gasteiger charge is -2.38. The van der Waals surface area contributed by atoms with Crippen LogP contribution < -0.4 is 15.4 Å². The number of nitrogens with one attached hydrogen (secondary N) is 2. The van der Waals surface area contributed by atoms with Gasteiger partial charge in [-0.3, -0.25) is 14.5 Å². The van der Waals surface area contributed by atoms with E-state index in [9.17, 15) is 24.3 Å². The molecule has 2 aliphatic heterocycles. The van der Waals surface area contributed by atoms with Gasteiger partial charge in [-0.25, -0.2) is 9.59 Å². The van der Waals surface area contributed by atoms with Crippen LogP contribution in [-0.4, -0.2) is 58.7 Å². The van der Waals surface area contributed by atoms with Gasteiger partial charge in [-0.1, -0.05) is 48.5 Å². The van der Waals surface area contributed by atoms with E-state index in [-0.39, 0.29) is 25.1 Å². The largest absolute Gasteiger partial charge is 0.508 e. The van der Waals surface area contributed by atoms with Crippen LogP contribution in [0.1, 0.15) is 54.7 Å². The Morgan fingerprint density at radius 1 is 1.00 bits per heavy atom. The first-order chi connectivity index (χ1) is 24.8. The van der Waals surface area contributed by atoms with Crippen LogP contribution in [0.4, 0.5) is 10.5 Å². The van der Waals surface area contributed by atoms with Gasteiger partial charge in [0.2, 0.25) is 12.0 Å². The predicted molar refractivity (Wildman–Crippen MR) is 190 cm³/mol. The molecule has 2 heterocycles. The van der Waals surface area contributed by atoms with Crippen LogP contribution in [0.15, 0.2) is 84.9 Å². The van der Waals surface area contributed by atoms with Crippen molar-refractivity contribution in [1.29, 1.82) is 5.26 Å². The number of hydrogen-bond donors (Lipinski definition) is 3. The van der Waals surface area contributed by atoms with Crippen LogP contribution in [-0.2, 0) is 43.2 Å². The Morgan fingerprint density at radius 2 is 1.65 bits per heavy atom. The third kappa shape index (κ3) is 7.84. The minimum atomic E-state index is -1.06. The summed E-state index contributed by atoms with van der Waals surface area (Å²) >= 11 is 0. The number of rotatable bonds is 7. The summed E-state index contributed by atoms with van der Waals surface area (Å²) < 4.78 is 16.9. The van der Waals surface area contributed by atoms with Crippen LogP contribution in [0, 0.1) is 11.3 Å². The highest BCUT2D eigenvalue weighted by Gasteiger charge is 2.40. The fourth-order valence-corrected chi connectivity index (χ4v) is 6.21. The molecule has 4 aromatic rings. The molecule has 0 bridgehead atoms. The Labute approximate surface area is 300 Å². The molecule has 0 spiro atoms. The second-order valence-corrected chi connectivity index (χ2v) is 13.7. The summed E-state index contributed by atoms with van der Waals surface area (Å²) in [6, 6.07) is 24.3. The number of hydrogen-bond acceptors (Lipinski definition) is 9. The minimum absolute atomic E-state index is 0.00348. The van der Waals surface area contributed by atoms with Gasteiger partial charge in [-0.05, 0) is 85.0 Å². The Kier molecular flexibility index (Phi) is 9.88. The van der Waals surface area contributed by atoms with Gasteiger partial charge in [0, 0.05) is 18.4 Å². The Bertz CT molecular complexity index is 2050. The van der Waals surface area contributed by atoms with Gasteiger partial charge >= 0.3 is 12.1 Å². The molecule has 0 aromatic heterocycles. The lowest BCUT2D eigenvalue weighted by molar-refractivity contribution is -0.145. The fourth-order valence-electron chi connectivity index (χ4n) is 6.21. The number of nitrogens with zero attached hydrogens (tertiary/aromatic N) is 2. The van der Waals surface area contributed by atoms with Crippen molar-refractivity contribution >= 4 is 29.6 Å². The number of phenols is 1. The first-order valence-electron chi connectivity index (χ1n) is 16.7. The zero-order valence-electron chi connectivity index (χ0n) is 29.1. The van der Waals surface area contributed by atoms with Gasteiger partial charge in [0.1, 0.15) is 29.2 Å². The van der Waals surface area contributed by atoms with Crippen molar-refractivity contribution in [3.05, 3.63) is 113 Å². The molecule has 0 radical (unpaired) electrons. The van der Waals surface area contributed by atoms with Crippen molar-refractivity contribution in [2.24, 2.45) is 0 Å². The standard InChI is InChI=1S/C40H38N4O8/c1-40(2,3)52-39(49)44-22-29-20-34-31(42-37(47)35(51-34)27-13-15-30(45)16-14-27)18-28(29)19-33(44)36(46)43-32(38(48)50-4)17-23-5-9-25(10-6-23)26-11-7-24(21-41)8-12-26/h5-16,18,20,32-33,35,45H,17,19,22H2,1-4H3,(H,42,47)(H,43,46)/t32-,33-,35?/m0/s1. The van der Waals surface area contributed by atoms with Crippen molar-refractivity contribution < 1.29 is 38.5 Å². The van der Waals surface area contributed by atoms with Crippen LogP contribution in [0.5, 0.6) is 11.5 Å². The maximum absolute atomic E-state index is 14.1. The van der Waals surface area contributed by atoms with Gasteiger partial charge in [-0.15, -0.1) is 0 Å². The number of anilines is 1. The molecular weight excluding hydrogens is 664 g/mol. The van der Waals surface area contributed by atoms with Gasteiger partial charge in [0.05, 0.1) is 31.0 Å². The number of carbonyl (C=O) groups excluding carboxylic acids is 4. The zero-order chi connectivity index (χ0) is 37.2. The number of methoxy groups -OCH3 is 1. The van der Waals surface area contributed by atoms with Crippen LogP contribution in [0.2, 0.25) is 0 Å². The number of ether oxygens (including phenoxy) is 3. The molecule has 4 aromatic carbocycles. The Morgan fingerprint density at radius 3 is 2.27 bits per heavy atom. The summed E-state index contributed by atoms with van der Waals surface area (Å²) in [6.07, 6.45) is -1.48.